The van der Waals surface area contributed by atoms with Crippen LogP contribution in [0.25, 0.3) is 0 Å². The van der Waals surface area contributed by atoms with Gasteiger partial charge in [0.25, 0.3) is 0 Å². The summed E-state index contributed by atoms with van der Waals surface area (Å²) >= 11 is 0. The van der Waals surface area contributed by atoms with Gasteiger partial charge in [-0.25, -0.2) is 4.39 Å². The molecule has 2 heteroatoms. The van der Waals surface area contributed by atoms with E-state index in [1.165, 1.54) is 0 Å². The molecule has 0 saturated carbocycles. The minimum Gasteiger partial charge on any atom is -0.299 e. The number of benzene rings is 1. The average Bonchev–Trinajstić information content (AvgIpc) is 2.25. The van der Waals surface area contributed by atoms with Gasteiger partial charge in [-0.05, 0) is 49.4 Å². The lowest BCUT2D eigenvalue weighted by molar-refractivity contribution is -0.121. The third kappa shape index (κ3) is 3.95. The van der Waals surface area contributed by atoms with E-state index in [-0.39, 0.29) is 17.5 Å². The summed E-state index contributed by atoms with van der Waals surface area (Å²) in [5.74, 6) is 0.193. The molecular formula is C15H21FO. The molecule has 0 amide bonds. The van der Waals surface area contributed by atoms with E-state index in [4.69, 9.17) is 0 Å². The Balaban J connectivity index is 2.58. The number of carbonyl (C=O) groups is 1. The summed E-state index contributed by atoms with van der Waals surface area (Å²) in [7, 11) is 0. The molecule has 0 atom stereocenters. The molecule has 0 fully saturated rings. The van der Waals surface area contributed by atoms with Crippen molar-refractivity contribution < 1.29 is 9.18 Å². The number of halogens is 1. The van der Waals surface area contributed by atoms with Gasteiger partial charge in [0.15, 0.2) is 0 Å². The molecule has 0 aliphatic heterocycles. The maximum atomic E-state index is 13.6. The highest BCUT2D eigenvalue weighted by molar-refractivity contribution is 5.80. The number of ketones is 1. The molecule has 0 aromatic heterocycles. The first-order valence-electron chi connectivity index (χ1n) is 6.20. The maximum Gasteiger partial charge on any atom is 0.135 e. The quantitative estimate of drug-likeness (QED) is 0.755. The first kappa shape index (κ1) is 13.9. The zero-order chi connectivity index (χ0) is 13.0. The number of aryl methyl sites for hydroxylation is 3. The number of carbonyl (C=O) groups excluding carboxylic acids is 1. The summed E-state index contributed by atoms with van der Waals surface area (Å²) in [6, 6.07) is 3.47. The SMILES string of the molecule is Cc1cc(F)c(CCCC(=O)C(C)C)cc1C. The van der Waals surface area contributed by atoms with Crippen molar-refractivity contribution >= 4 is 5.78 Å². The van der Waals surface area contributed by atoms with Crippen molar-refractivity contribution in [1.29, 1.82) is 0 Å². The standard InChI is InChI=1S/C15H21FO/c1-10(2)15(17)7-5-6-13-8-11(3)12(4)9-14(13)16/h8-10H,5-7H2,1-4H3. The van der Waals surface area contributed by atoms with E-state index >= 15 is 0 Å². The Kier molecular flexibility index (Phi) is 4.86. The normalized spacial score (nSPS) is 10.9. The van der Waals surface area contributed by atoms with Gasteiger partial charge in [-0.1, -0.05) is 19.9 Å². The summed E-state index contributed by atoms with van der Waals surface area (Å²) in [6.45, 7) is 7.69. The lowest BCUT2D eigenvalue weighted by atomic mass is 9.98. The Morgan fingerprint density at radius 2 is 1.82 bits per heavy atom. The molecule has 0 heterocycles. The Morgan fingerprint density at radius 3 is 2.41 bits per heavy atom. The first-order chi connectivity index (χ1) is 7.91. The Labute approximate surface area is 103 Å². The lowest BCUT2D eigenvalue weighted by Gasteiger charge is -2.08. The average molecular weight is 236 g/mol. The molecule has 0 aliphatic carbocycles. The first-order valence-corrected chi connectivity index (χ1v) is 6.20. The second-order valence-electron chi connectivity index (χ2n) is 5.00. The van der Waals surface area contributed by atoms with Gasteiger partial charge in [0.1, 0.15) is 11.6 Å². The monoisotopic (exact) mass is 236 g/mol. The molecule has 1 aromatic carbocycles. The number of rotatable bonds is 5. The van der Waals surface area contributed by atoms with E-state index in [1.807, 2.05) is 33.8 Å². The Bertz CT molecular complexity index is 408. The van der Waals surface area contributed by atoms with Crippen LogP contribution in [0.2, 0.25) is 0 Å². The van der Waals surface area contributed by atoms with Gasteiger partial charge < -0.3 is 0 Å². The van der Waals surface area contributed by atoms with Crippen LogP contribution in [0.4, 0.5) is 4.39 Å². The zero-order valence-electron chi connectivity index (χ0n) is 11.1. The van der Waals surface area contributed by atoms with Crippen molar-refractivity contribution in [3.05, 3.63) is 34.6 Å². The van der Waals surface area contributed by atoms with Crippen LogP contribution in [0.3, 0.4) is 0 Å². The van der Waals surface area contributed by atoms with E-state index in [1.54, 1.807) is 6.07 Å². The zero-order valence-corrected chi connectivity index (χ0v) is 11.1. The van der Waals surface area contributed by atoms with Crippen LogP contribution >= 0.6 is 0 Å². The highest BCUT2D eigenvalue weighted by Gasteiger charge is 2.09. The second kappa shape index (κ2) is 5.95. The molecule has 0 saturated heterocycles. The molecule has 0 aliphatic rings. The number of hydrogen-bond acceptors (Lipinski definition) is 1. The topological polar surface area (TPSA) is 17.1 Å². The van der Waals surface area contributed by atoms with E-state index in [2.05, 4.69) is 0 Å². The van der Waals surface area contributed by atoms with E-state index < -0.39 is 0 Å². The predicted molar refractivity (Wildman–Crippen MR) is 68.7 cm³/mol. The molecular weight excluding hydrogens is 215 g/mol. The van der Waals surface area contributed by atoms with Crippen LogP contribution in [0.15, 0.2) is 12.1 Å². The third-order valence-electron chi connectivity index (χ3n) is 3.18. The fourth-order valence-corrected chi connectivity index (χ4v) is 1.77. The molecule has 0 spiro atoms. The minimum atomic E-state index is -0.148. The molecule has 1 rings (SSSR count). The van der Waals surface area contributed by atoms with Crippen LogP contribution in [-0.2, 0) is 11.2 Å². The fraction of sp³-hybridized carbons (Fsp3) is 0.533. The van der Waals surface area contributed by atoms with Crippen LogP contribution in [-0.4, -0.2) is 5.78 Å². The molecule has 17 heavy (non-hydrogen) atoms. The second-order valence-corrected chi connectivity index (χ2v) is 5.00. The Morgan fingerprint density at radius 1 is 1.24 bits per heavy atom. The lowest BCUT2D eigenvalue weighted by Crippen LogP contribution is -2.07. The van der Waals surface area contributed by atoms with Crippen molar-refractivity contribution in [2.75, 3.05) is 0 Å². The molecule has 94 valence electrons. The molecule has 0 unspecified atom stereocenters. The van der Waals surface area contributed by atoms with Crippen LogP contribution < -0.4 is 0 Å². The van der Waals surface area contributed by atoms with Gasteiger partial charge in [0, 0.05) is 12.3 Å². The maximum absolute atomic E-state index is 13.6. The number of hydrogen-bond donors (Lipinski definition) is 0. The number of Topliss-reactive ketones (excluding diaryl/α,β-unsaturated/α-hetero) is 1. The van der Waals surface area contributed by atoms with Crippen molar-refractivity contribution in [2.45, 2.75) is 47.0 Å². The van der Waals surface area contributed by atoms with Crippen molar-refractivity contribution in [1.82, 2.24) is 0 Å². The summed E-state index contributed by atoms with van der Waals surface area (Å²) in [6.07, 6.45) is 1.92. The van der Waals surface area contributed by atoms with Crippen molar-refractivity contribution in [3.63, 3.8) is 0 Å². The summed E-state index contributed by atoms with van der Waals surface area (Å²) in [5, 5.41) is 0. The smallest absolute Gasteiger partial charge is 0.135 e. The summed E-state index contributed by atoms with van der Waals surface area (Å²) in [5.41, 5.74) is 2.81. The van der Waals surface area contributed by atoms with Crippen molar-refractivity contribution in [3.8, 4) is 0 Å². The van der Waals surface area contributed by atoms with Crippen LogP contribution in [0, 0.1) is 25.6 Å². The highest BCUT2D eigenvalue weighted by Crippen LogP contribution is 2.17. The van der Waals surface area contributed by atoms with Gasteiger partial charge >= 0.3 is 0 Å². The largest absolute Gasteiger partial charge is 0.299 e. The molecule has 0 bridgehead atoms. The van der Waals surface area contributed by atoms with Gasteiger partial charge in [0.05, 0.1) is 0 Å². The van der Waals surface area contributed by atoms with E-state index in [0.29, 0.717) is 12.8 Å². The van der Waals surface area contributed by atoms with E-state index in [9.17, 15) is 9.18 Å². The van der Waals surface area contributed by atoms with Crippen LogP contribution in [0.1, 0.15) is 43.4 Å². The minimum absolute atomic E-state index is 0.0830. The molecule has 1 aromatic rings. The highest BCUT2D eigenvalue weighted by atomic mass is 19.1. The summed E-state index contributed by atoms with van der Waals surface area (Å²) < 4.78 is 13.6. The summed E-state index contributed by atoms with van der Waals surface area (Å²) in [4.78, 5) is 11.4. The molecule has 0 radical (unpaired) electrons. The van der Waals surface area contributed by atoms with Crippen molar-refractivity contribution in [2.24, 2.45) is 5.92 Å². The molecule has 1 nitrogen and oxygen atoms in total. The third-order valence-corrected chi connectivity index (χ3v) is 3.18. The Hall–Kier alpha value is -1.18. The predicted octanol–water partition coefficient (Wildman–Crippen LogP) is 3.99. The fourth-order valence-electron chi connectivity index (χ4n) is 1.77. The van der Waals surface area contributed by atoms with Gasteiger partial charge in [0.2, 0.25) is 0 Å². The van der Waals surface area contributed by atoms with Gasteiger partial charge in [-0.2, -0.15) is 0 Å². The van der Waals surface area contributed by atoms with E-state index in [0.717, 1.165) is 23.1 Å². The van der Waals surface area contributed by atoms with Crippen LogP contribution in [0.5, 0.6) is 0 Å². The molecule has 0 N–H and O–H groups in total. The van der Waals surface area contributed by atoms with Gasteiger partial charge in [-0.3, -0.25) is 4.79 Å². The van der Waals surface area contributed by atoms with Gasteiger partial charge in [-0.15, -0.1) is 0 Å².